The van der Waals surface area contributed by atoms with Crippen LogP contribution < -0.4 is 5.32 Å². The molecule has 0 saturated heterocycles. The molecule has 0 unspecified atom stereocenters. The Bertz CT molecular complexity index is 1190. The molecular formula is C26H24N2O. The predicted molar refractivity (Wildman–Crippen MR) is 120 cm³/mol. The maximum absolute atomic E-state index is 13.3. The third-order valence-electron chi connectivity index (χ3n) is 5.11. The van der Waals surface area contributed by atoms with E-state index in [1.54, 1.807) is 0 Å². The van der Waals surface area contributed by atoms with Gasteiger partial charge in [-0.3, -0.25) is 4.79 Å². The van der Waals surface area contributed by atoms with Crippen molar-refractivity contribution in [2.24, 2.45) is 0 Å². The van der Waals surface area contributed by atoms with Gasteiger partial charge in [-0.05, 0) is 42.7 Å². The molecule has 0 atom stereocenters. The number of aryl methyl sites for hydroxylation is 1. The summed E-state index contributed by atoms with van der Waals surface area (Å²) in [6.45, 7) is 6.31. The second-order valence-corrected chi connectivity index (χ2v) is 7.64. The number of fused-ring (bicyclic) bond motifs is 1. The summed E-state index contributed by atoms with van der Waals surface area (Å²) in [4.78, 5) is 18.1. The van der Waals surface area contributed by atoms with Gasteiger partial charge in [-0.15, -0.1) is 0 Å². The molecular weight excluding hydrogens is 356 g/mol. The van der Waals surface area contributed by atoms with E-state index < -0.39 is 0 Å². The van der Waals surface area contributed by atoms with E-state index in [4.69, 9.17) is 4.98 Å². The lowest BCUT2D eigenvalue weighted by atomic mass is 10.00. The molecule has 0 radical (unpaired) electrons. The first-order valence-corrected chi connectivity index (χ1v) is 9.90. The van der Waals surface area contributed by atoms with E-state index in [-0.39, 0.29) is 5.91 Å². The number of hydrogen-bond donors (Lipinski definition) is 1. The first-order valence-electron chi connectivity index (χ1n) is 9.90. The predicted octanol–water partition coefficient (Wildman–Crippen LogP) is 6.59. The molecule has 3 heteroatoms. The van der Waals surface area contributed by atoms with Crippen molar-refractivity contribution in [3.05, 3.63) is 95.6 Å². The van der Waals surface area contributed by atoms with E-state index in [1.807, 2.05) is 60.7 Å². The molecule has 0 spiro atoms. The van der Waals surface area contributed by atoms with Gasteiger partial charge in [0.25, 0.3) is 5.91 Å². The second-order valence-electron chi connectivity index (χ2n) is 7.64. The van der Waals surface area contributed by atoms with Crippen molar-refractivity contribution in [1.29, 1.82) is 0 Å². The molecule has 1 N–H and O–H groups in total. The molecule has 0 aliphatic rings. The van der Waals surface area contributed by atoms with Crippen molar-refractivity contribution in [2.45, 2.75) is 26.7 Å². The number of carbonyl (C=O) groups excluding carboxylic acids is 1. The maximum Gasteiger partial charge on any atom is 0.256 e. The molecule has 1 aromatic heterocycles. The molecule has 0 fully saturated rings. The fourth-order valence-corrected chi connectivity index (χ4v) is 3.62. The number of amides is 1. The Balaban J connectivity index is 1.81. The van der Waals surface area contributed by atoms with Crippen molar-refractivity contribution in [3.63, 3.8) is 0 Å². The van der Waals surface area contributed by atoms with Gasteiger partial charge in [0.15, 0.2) is 0 Å². The highest BCUT2D eigenvalue weighted by Gasteiger charge is 2.16. The van der Waals surface area contributed by atoms with E-state index in [0.717, 1.165) is 39.0 Å². The maximum atomic E-state index is 13.3. The van der Waals surface area contributed by atoms with E-state index in [0.29, 0.717) is 11.5 Å². The van der Waals surface area contributed by atoms with Crippen molar-refractivity contribution in [1.82, 2.24) is 4.98 Å². The lowest BCUT2D eigenvalue weighted by Crippen LogP contribution is -2.14. The Morgan fingerprint density at radius 2 is 1.66 bits per heavy atom. The van der Waals surface area contributed by atoms with Gasteiger partial charge < -0.3 is 5.32 Å². The van der Waals surface area contributed by atoms with Gasteiger partial charge in [-0.25, -0.2) is 4.98 Å². The number of benzene rings is 3. The Morgan fingerprint density at radius 1 is 0.897 bits per heavy atom. The highest BCUT2D eigenvalue weighted by atomic mass is 16.1. The van der Waals surface area contributed by atoms with Gasteiger partial charge in [0, 0.05) is 16.6 Å². The topological polar surface area (TPSA) is 42.0 Å². The second kappa shape index (κ2) is 7.88. The van der Waals surface area contributed by atoms with Crippen molar-refractivity contribution in [3.8, 4) is 11.3 Å². The minimum Gasteiger partial charge on any atom is -0.322 e. The largest absolute Gasteiger partial charge is 0.322 e. The summed E-state index contributed by atoms with van der Waals surface area (Å²) in [7, 11) is 0. The van der Waals surface area contributed by atoms with Gasteiger partial charge in [0.1, 0.15) is 0 Å². The molecule has 1 heterocycles. The Morgan fingerprint density at radius 3 is 2.45 bits per heavy atom. The third-order valence-corrected chi connectivity index (χ3v) is 5.11. The number of carbonyl (C=O) groups is 1. The number of nitrogens with zero attached hydrogens (tertiary/aromatic N) is 1. The first kappa shape index (κ1) is 18.9. The SMILES string of the molecule is Cc1cccc(-c2cc(C(=O)Nc3ccccc3C(C)C)c3ccccc3n2)c1. The number of aromatic nitrogens is 1. The average Bonchev–Trinajstić information content (AvgIpc) is 2.73. The minimum absolute atomic E-state index is 0.120. The van der Waals surface area contributed by atoms with E-state index in [1.165, 1.54) is 0 Å². The van der Waals surface area contributed by atoms with Gasteiger partial charge in [0.2, 0.25) is 0 Å². The Kier molecular flexibility index (Phi) is 5.13. The van der Waals surface area contributed by atoms with Crippen molar-refractivity contribution in [2.75, 3.05) is 5.32 Å². The number of nitrogens with one attached hydrogen (secondary N) is 1. The summed E-state index contributed by atoms with van der Waals surface area (Å²) < 4.78 is 0. The van der Waals surface area contributed by atoms with Crippen LogP contribution in [0.15, 0.2) is 78.9 Å². The van der Waals surface area contributed by atoms with Crippen LogP contribution in [0.3, 0.4) is 0 Å². The molecule has 0 aliphatic heterocycles. The summed E-state index contributed by atoms with van der Waals surface area (Å²) in [6, 6.07) is 25.8. The molecule has 3 nitrogen and oxygen atoms in total. The number of hydrogen-bond acceptors (Lipinski definition) is 2. The fraction of sp³-hybridized carbons (Fsp3) is 0.154. The normalized spacial score (nSPS) is 11.0. The number of rotatable bonds is 4. The number of anilines is 1. The summed E-state index contributed by atoms with van der Waals surface area (Å²) >= 11 is 0. The van der Waals surface area contributed by atoms with Gasteiger partial charge >= 0.3 is 0 Å². The van der Waals surface area contributed by atoms with Crippen molar-refractivity contribution >= 4 is 22.5 Å². The standard InChI is InChI=1S/C26H24N2O/c1-17(2)20-11-4-6-13-23(20)28-26(29)22-16-25(19-10-8-9-18(3)15-19)27-24-14-7-5-12-21(22)24/h4-17H,1-3H3,(H,28,29). The van der Waals surface area contributed by atoms with Crippen LogP contribution in [0.25, 0.3) is 22.2 Å². The van der Waals surface area contributed by atoms with Crippen LogP contribution in [0.5, 0.6) is 0 Å². The van der Waals surface area contributed by atoms with Crippen LogP contribution in [0.2, 0.25) is 0 Å². The molecule has 144 valence electrons. The molecule has 4 aromatic rings. The van der Waals surface area contributed by atoms with Crippen molar-refractivity contribution < 1.29 is 4.79 Å². The number of para-hydroxylation sites is 2. The molecule has 3 aromatic carbocycles. The summed E-state index contributed by atoms with van der Waals surface area (Å²) in [5.41, 5.74) is 6.39. The first-order chi connectivity index (χ1) is 14.0. The zero-order chi connectivity index (χ0) is 20.4. The zero-order valence-electron chi connectivity index (χ0n) is 16.9. The van der Waals surface area contributed by atoms with Crippen LogP contribution in [-0.4, -0.2) is 10.9 Å². The van der Waals surface area contributed by atoms with E-state index >= 15 is 0 Å². The molecule has 0 saturated carbocycles. The van der Waals surface area contributed by atoms with Gasteiger partial charge in [-0.1, -0.05) is 74.0 Å². The monoisotopic (exact) mass is 380 g/mol. The van der Waals surface area contributed by atoms with Crippen LogP contribution in [0, 0.1) is 6.92 Å². The van der Waals surface area contributed by atoms with Crippen LogP contribution in [0.1, 0.15) is 41.3 Å². The average molecular weight is 380 g/mol. The Hall–Kier alpha value is -3.46. The molecule has 1 amide bonds. The fourth-order valence-electron chi connectivity index (χ4n) is 3.62. The van der Waals surface area contributed by atoms with Crippen LogP contribution >= 0.6 is 0 Å². The highest BCUT2D eigenvalue weighted by molar-refractivity contribution is 6.13. The number of pyridine rings is 1. The zero-order valence-corrected chi connectivity index (χ0v) is 16.9. The summed E-state index contributed by atoms with van der Waals surface area (Å²) in [6.07, 6.45) is 0. The lowest BCUT2D eigenvalue weighted by Gasteiger charge is -2.15. The quantitative estimate of drug-likeness (QED) is 0.434. The van der Waals surface area contributed by atoms with Gasteiger partial charge in [0.05, 0.1) is 16.8 Å². The lowest BCUT2D eigenvalue weighted by molar-refractivity contribution is 0.102. The van der Waals surface area contributed by atoms with Crippen LogP contribution in [-0.2, 0) is 0 Å². The smallest absolute Gasteiger partial charge is 0.256 e. The van der Waals surface area contributed by atoms with E-state index in [9.17, 15) is 4.79 Å². The van der Waals surface area contributed by atoms with Crippen LogP contribution in [0.4, 0.5) is 5.69 Å². The minimum atomic E-state index is -0.120. The van der Waals surface area contributed by atoms with Gasteiger partial charge in [-0.2, -0.15) is 0 Å². The molecule has 0 bridgehead atoms. The summed E-state index contributed by atoms with van der Waals surface area (Å²) in [5, 5.41) is 3.97. The molecule has 29 heavy (non-hydrogen) atoms. The summed E-state index contributed by atoms with van der Waals surface area (Å²) in [5.74, 6) is 0.203. The Labute approximate surface area is 171 Å². The van der Waals surface area contributed by atoms with E-state index in [2.05, 4.69) is 44.3 Å². The third kappa shape index (κ3) is 3.90. The highest BCUT2D eigenvalue weighted by Crippen LogP contribution is 2.28. The molecule has 4 rings (SSSR count). The molecule has 0 aliphatic carbocycles.